The topological polar surface area (TPSA) is 49.4 Å². The van der Waals surface area contributed by atoms with Gasteiger partial charge in [-0.3, -0.25) is 9.59 Å². The zero-order chi connectivity index (χ0) is 18.2. The number of hydrogen-bond donors (Lipinski definition) is 1. The highest BCUT2D eigenvalue weighted by Gasteiger charge is 2.17. The molecule has 5 heteroatoms. The van der Waals surface area contributed by atoms with Gasteiger partial charge < -0.3 is 10.2 Å². The molecule has 0 fully saturated rings. The van der Waals surface area contributed by atoms with Gasteiger partial charge in [0.2, 0.25) is 11.8 Å². The Bertz CT molecular complexity index is 732. The summed E-state index contributed by atoms with van der Waals surface area (Å²) in [6, 6.07) is 15.4. The van der Waals surface area contributed by atoms with Gasteiger partial charge >= 0.3 is 0 Å². The van der Waals surface area contributed by atoms with Crippen LogP contribution in [0.5, 0.6) is 0 Å². The van der Waals surface area contributed by atoms with Crippen molar-refractivity contribution in [3.8, 4) is 0 Å². The van der Waals surface area contributed by atoms with E-state index < -0.39 is 0 Å². The number of hydrogen-bond acceptors (Lipinski definition) is 2. The number of nitrogens with one attached hydrogen (secondary N) is 1. The van der Waals surface area contributed by atoms with Gasteiger partial charge in [-0.05, 0) is 49.1 Å². The number of aryl methyl sites for hydroxylation is 2. The Kier molecular flexibility index (Phi) is 7.02. The number of rotatable bonds is 7. The molecule has 0 radical (unpaired) electrons. The number of anilines is 1. The van der Waals surface area contributed by atoms with Crippen LogP contribution in [0.15, 0.2) is 48.5 Å². The van der Waals surface area contributed by atoms with E-state index in [2.05, 4.69) is 17.4 Å². The van der Waals surface area contributed by atoms with E-state index in [-0.39, 0.29) is 18.4 Å². The summed E-state index contributed by atoms with van der Waals surface area (Å²) in [5.41, 5.74) is 2.81. The van der Waals surface area contributed by atoms with Crippen LogP contribution in [0.25, 0.3) is 0 Å². The van der Waals surface area contributed by atoms with E-state index in [1.807, 2.05) is 25.1 Å². The highest BCUT2D eigenvalue weighted by atomic mass is 35.5. The van der Waals surface area contributed by atoms with Crippen LogP contribution in [-0.4, -0.2) is 24.9 Å². The smallest absolute Gasteiger partial charge is 0.240 e. The predicted molar refractivity (Wildman–Crippen MR) is 102 cm³/mol. The van der Waals surface area contributed by atoms with Crippen molar-refractivity contribution in [3.63, 3.8) is 0 Å². The number of halogens is 1. The minimum absolute atomic E-state index is 0.00312. The fourth-order valence-corrected chi connectivity index (χ4v) is 2.88. The Morgan fingerprint density at radius 2 is 1.84 bits per heavy atom. The average molecular weight is 359 g/mol. The van der Waals surface area contributed by atoms with Crippen molar-refractivity contribution in [2.45, 2.75) is 26.7 Å². The van der Waals surface area contributed by atoms with Crippen LogP contribution in [-0.2, 0) is 16.0 Å². The van der Waals surface area contributed by atoms with E-state index in [0.29, 0.717) is 17.3 Å². The zero-order valence-corrected chi connectivity index (χ0v) is 15.3. The first-order chi connectivity index (χ1) is 12.0. The molecule has 0 saturated carbocycles. The first kappa shape index (κ1) is 19.0. The van der Waals surface area contributed by atoms with Crippen molar-refractivity contribution < 1.29 is 9.59 Å². The first-order valence-electron chi connectivity index (χ1n) is 8.32. The molecular formula is C20H23ClN2O2. The van der Waals surface area contributed by atoms with Crippen LogP contribution in [0.4, 0.5) is 5.69 Å². The quantitative estimate of drug-likeness (QED) is 0.766. The highest BCUT2D eigenvalue weighted by Crippen LogP contribution is 2.23. The molecule has 25 heavy (non-hydrogen) atoms. The maximum Gasteiger partial charge on any atom is 0.240 e. The van der Waals surface area contributed by atoms with E-state index in [9.17, 15) is 9.59 Å². The maximum atomic E-state index is 12.2. The third kappa shape index (κ3) is 5.91. The molecule has 0 aliphatic heterocycles. The van der Waals surface area contributed by atoms with Gasteiger partial charge in [0.05, 0.1) is 0 Å². The van der Waals surface area contributed by atoms with Gasteiger partial charge in [0.15, 0.2) is 0 Å². The van der Waals surface area contributed by atoms with E-state index >= 15 is 0 Å². The second-order valence-corrected chi connectivity index (χ2v) is 6.41. The number of benzene rings is 2. The fourth-order valence-electron chi connectivity index (χ4n) is 2.65. The van der Waals surface area contributed by atoms with Gasteiger partial charge in [-0.25, -0.2) is 0 Å². The van der Waals surface area contributed by atoms with Crippen molar-refractivity contribution in [1.82, 2.24) is 5.32 Å². The van der Waals surface area contributed by atoms with E-state index in [0.717, 1.165) is 18.4 Å². The van der Waals surface area contributed by atoms with E-state index in [1.54, 1.807) is 18.2 Å². The summed E-state index contributed by atoms with van der Waals surface area (Å²) >= 11 is 5.96. The van der Waals surface area contributed by atoms with Gasteiger partial charge in [0.1, 0.15) is 6.54 Å². The zero-order valence-electron chi connectivity index (χ0n) is 14.6. The minimum atomic E-state index is -0.176. The molecule has 0 atom stereocenters. The SMILES string of the molecule is CC(=O)N(CC(=O)NCCCc1ccccc1)c1ccc(Cl)cc1C. The standard InChI is InChI=1S/C20H23ClN2O2/c1-15-13-18(21)10-11-19(15)23(16(2)24)14-20(25)22-12-6-9-17-7-4-3-5-8-17/h3-5,7-8,10-11,13H,6,9,12,14H2,1-2H3,(H,22,25). The van der Waals surface area contributed by atoms with Gasteiger partial charge in [-0.2, -0.15) is 0 Å². The van der Waals surface area contributed by atoms with Crippen molar-refractivity contribution in [1.29, 1.82) is 0 Å². The molecular weight excluding hydrogens is 336 g/mol. The lowest BCUT2D eigenvalue weighted by atomic mass is 10.1. The molecule has 2 amide bonds. The van der Waals surface area contributed by atoms with Crippen molar-refractivity contribution >= 4 is 29.1 Å². The summed E-state index contributed by atoms with van der Waals surface area (Å²) in [5.74, 6) is -0.345. The molecule has 132 valence electrons. The van der Waals surface area contributed by atoms with Crippen molar-refractivity contribution in [2.75, 3.05) is 18.0 Å². The molecule has 0 spiro atoms. The van der Waals surface area contributed by atoms with Gasteiger partial charge in [0.25, 0.3) is 0 Å². The minimum Gasteiger partial charge on any atom is -0.355 e. The molecule has 0 unspecified atom stereocenters. The normalized spacial score (nSPS) is 10.4. The summed E-state index contributed by atoms with van der Waals surface area (Å²) < 4.78 is 0. The summed E-state index contributed by atoms with van der Waals surface area (Å²) in [7, 11) is 0. The maximum absolute atomic E-state index is 12.2. The van der Waals surface area contributed by atoms with Crippen LogP contribution < -0.4 is 10.2 Å². The van der Waals surface area contributed by atoms with Crippen LogP contribution >= 0.6 is 11.6 Å². The third-order valence-electron chi connectivity index (χ3n) is 3.94. The number of carbonyl (C=O) groups excluding carboxylic acids is 2. The Balaban J connectivity index is 1.87. The average Bonchev–Trinajstić information content (AvgIpc) is 2.58. The van der Waals surface area contributed by atoms with Crippen LogP contribution in [0.3, 0.4) is 0 Å². The Morgan fingerprint density at radius 1 is 1.12 bits per heavy atom. The molecule has 4 nitrogen and oxygen atoms in total. The summed E-state index contributed by atoms with van der Waals surface area (Å²) in [5, 5.41) is 3.49. The summed E-state index contributed by atoms with van der Waals surface area (Å²) in [4.78, 5) is 25.6. The van der Waals surface area contributed by atoms with Gasteiger partial charge in [-0.1, -0.05) is 41.9 Å². The number of nitrogens with zero attached hydrogens (tertiary/aromatic N) is 1. The second-order valence-electron chi connectivity index (χ2n) is 5.98. The lowest BCUT2D eigenvalue weighted by molar-refractivity contribution is -0.123. The molecule has 0 bridgehead atoms. The monoisotopic (exact) mass is 358 g/mol. The van der Waals surface area contributed by atoms with Crippen LogP contribution in [0, 0.1) is 6.92 Å². The van der Waals surface area contributed by atoms with Crippen molar-refractivity contribution in [2.24, 2.45) is 0 Å². The number of amides is 2. The Labute approximate surface area is 153 Å². The molecule has 2 aromatic carbocycles. The molecule has 0 saturated heterocycles. The third-order valence-corrected chi connectivity index (χ3v) is 4.17. The molecule has 2 aromatic rings. The van der Waals surface area contributed by atoms with Crippen molar-refractivity contribution in [3.05, 3.63) is 64.7 Å². The fraction of sp³-hybridized carbons (Fsp3) is 0.300. The lowest BCUT2D eigenvalue weighted by Crippen LogP contribution is -2.40. The highest BCUT2D eigenvalue weighted by molar-refractivity contribution is 6.30. The summed E-state index contributed by atoms with van der Waals surface area (Å²) in [6.45, 7) is 3.91. The molecule has 0 aromatic heterocycles. The molecule has 0 aliphatic rings. The van der Waals surface area contributed by atoms with Crippen LogP contribution in [0.1, 0.15) is 24.5 Å². The van der Waals surface area contributed by atoms with E-state index in [1.165, 1.54) is 17.4 Å². The molecule has 0 aliphatic carbocycles. The Morgan fingerprint density at radius 3 is 2.48 bits per heavy atom. The van der Waals surface area contributed by atoms with Crippen LogP contribution in [0.2, 0.25) is 5.02 Å². The molecule has 0 heterocycles. The lowest BCUT2D eigenvalue weighted by Gasteiger charge is -2.22. The summed E-state index contributed by atoms with van der Waals surface area (Å²) in [6.07, 6.45) is 1.77. The largest absolute Gasteiger partial charge is 0.355 e. The number of carbonyl (C=O) groups is 2. The predicted octanol–water partition coefficient (Wildman–Crippen LogP) is 3.75. The second kappa shape index (κ2) is 9.23. The van der Waals surface area contributed by atoms with Gasteiger partial charge in [-0.15, -0.1) is 0 Å². The molecule has 2 rings (SSSR count). The Hall–Kier alpha value is -2.33. The first-order valence-corrected chi connectivity index (χ1v) is 8.70. The van der Waals surface area contributed by atoms with E-state index in [4.69, 9.17) is 11.6 Å². The van der Waals surface area contributed by atoms with Gasteiger partial charge in [0, 0.05) is 24.2 Å². The molecule has 1 N–H and O–H groups in total.